The van der Waals surface area contributed by atoms with Crippen molar-refractivity contribution in [2.75, 3.05) is 0 Å². The van der Waals surface area contributed by atoms with Crippen LogP contribution in [-0.4, -0.2) is 15.4 Å². The molecule has 1 aliphatic rings. The number of rotatable bonds is 5. The maximum Gasteiger partial charge on any atom is 0.309 e. The van der Waals surface area contributed by atoms with Crippen LogP contribution in [0, 0.1) is 5.92 Å². The lowest BCUT2D eigenvalue weighted by atomic mass is 10.0. The van der Waals surface area contributed by atoms with Gasteiger partial charge < -0.3 is 4.74 Å². The number of thiazole rings is 1. The summed E-state index contributed by atoms with van der Waals surface area (Å²) in [6.45, 7) is 4.02. The van der Waals surface area contributed by atoms with Crippen LogP contribution >= 0.6 is 11.3 Å². The van der Waals surface area contributed by atoms with E-state index >= 15 is 0 Å². The molecule has 0 aliphatic heterocycles. The third-order valence-electron chi connectivity index (χ3n) is 4.50. The molecule has 2 heterocycles. The quantitative estimate of drug-likeness (QED) is 0.788. The van der Waals surface area contributed by atoms with Gasteiger partial charge in [0.15, 0.2) is 4.96 Å². The molecule has 23 heavy (non-hydrogen) atoms. The fraction of sp³-hybridized carbons (Fsp3) is 0.588. The van der Waals surface area contributed by atoms with Gasteiger partial charge in [-0.2, -0.15) is 0 Å². The maximum absolute atomic E-state index is 12.4. The van der Waals surface area contributed by atoms with Gasteiger partial charge >= 0.3 is 5.97 Å². The van der Waals surface area contributed by atoms with Gasteiger partial charge in [-0.3, -0.25) is 14.0 Å². The fourth-order valence-electron chi connectivity index (χ4n) is 3.10. The van der Waals surface area contributed by atoms with E-state index in [-0.39, 0.29) is 24.1 Å². The lowest BCUT2D eigenvalue weighted by molar-refractivity contribution is -0.150. The van der Waals surface area contributed by atoms with Crippen LogP contribution in [0.4, 0.5) is 0 Å². The Bertz CT molecular complexity index is 774. The number of esters is 1. The van der Waals surface area contributed by atoms with Gasteiger partial charge in [0, 0.05) is 16.6 Å². The highest BCUT2D eigenvalue weighted by Crippen LogP contribution is 2.28. The van der Waals surface area contributed by atoms with Gasteiger partial charge in [0.25, 0.3) is 5.56 Å². The number of ether oxygens (including phenoxy) is 1. The minimum absolute atomic E-state index is 0.0667. The minimum atomic E-state index is -0.206. The first-order chi connectivity index (χ1) is 11.1. The first-order valence-corrected chi connectivity index (χ1v) is 9.15. The van der Waals surface area contributed by atoms with Crippen molar-refractivity contribution in [3.05, 3.63) is 32.7 Å². The van der Waals surface area contributed by atoms with Crippen LogP contribution in [0.2, 0.25) is 0 Å². The van der Waals surface area contributed by atoms with Gasteiger partial charge in [-0.15, -0.1) is 11.3 Å². The molecule has 3 rings (SSSR count). The second-order valence-electron chi connectivity index (χ2n) is 6.00. The number of hydrogen-bond acceptors (Lipinski definition) is 5. The van der Waals surface area contributed by atoms with E-state index in [1.54, 1.807) is 15.7 Å². The van der Waals surface area contributed by atoms with Gasteiger partial charge in [-0.05, 0) is 38.5 Å². The number of nitrogens with zero attached hydrogens (tertiary/aromatic N) is 2. The van der Waals surface area contributed by atoms with Crippen molar-refractivity contribution in [1.29, 1.82) is 0 Å². The zero-order valence-corrected chi connectivity index (χ0v) is 14.4. The molecule has 0 atom stereocenters. The van der Waals surface area contributed by atoms with Crippen molar-refractivity contribution in [2.45, 2.75) is 59.0 Å². The van der Waals surface area contributed by atoms with E-state index in [1.807, 2.05) is 13.8 Å². The molecule has 6 heteroatoms. The Kier molecular flexibility index (Phi) is 4.80. The second kappa shape index (κ2) is 6.83. The molecule has 2 aromatic heterocycles. The molecule has 0 radical (unpaired) electrons. The molecule has 1 aliphatic carbocycles. The van der Waals surface area contributed by atoms with E-state index in [4.69, 9.17) is 4.74 Å². The highest BCUT2D eigenvalue weighted by molar-refractivity contribution is 7.17. The van der Waals surface area contributed by atoms with Crippen molar-refractivity contribution >= 4 is 22.3 Å². The van der Waals surface area contributed by atoms with Crippen LogP contribution in [0.15, 0.2) is 10.9 Å². The van der Waals surface area contributed by atoms with Crippen LogP contribution in [-0.2, 0) is 29.0 Å². The molecule has 0 saturated heterocycles. The predicted molar refractivity (Wildman–Crippen MR) is 89.8 cm³/mol. The van der Waals surface area contributed by atoms with Gasteiger partial charge in [0.1, 0.15) is 6.61 Å². The van der Waals surface area contributed by atoms with E-state index in [0.29, 0.717) is 5.69 Å². The number of carbonyl (C=O) groups is 1. The van der Waals surface area contributed by atoms with Crippen LogP contribution in [0.1, 0.15) is 55.8 Å². The van der Waals surface area contributed by atoms with E-state index in [2.05, 4.69) is 4.98 Å². The highest BCUT2D eigenvalue weighted by Gasteiger charge is 2.19. The average Bonchev–Trinajstić information content (AvgIpc) is 2.92. The van der Waals surface area contributed by atoms with E-state index in [9.17, 15) is 9.59 Å². The summed E-state index contributed by atoms with van der Waals surface area (Å²) in [4.78, 5) is 30.9. The van der Waals surface area contributed by atoms with Crippen LogP contribution < -0.4 is 5.56 Å². The Labute approximate surface area is 139 Å². The Morgan fingerprint density at radius 2 is 2.09 bits per heavy atom. The summed E-state index contributed by atoms with van der Waals surface area (Å²) in [6.07, 6.45) is 5.81. The average molecular weight is 334 g/mol. The van der Waals surface area contributed by atoms with Crippen molar-refractivity contribution in [3.63, 3.8) is 0 Å². The first kappa shape index (κ1) is 16.2. The molecule has 2 aromatic rings. The largest absolute Gasteiger partial charge is 0.459 e. The lowest BCUT2D eigenvalue weighted by Crippen LogP contribution is -2.20. The summed E-state index contributed by atoms with van der Waals surface area (Å²) in [7, 11) is 0. The normalized spacial score (nSPS) is 14.2. The van der Waals surface area contributed by atoms with E-state index in [1.165, 1.54) is 17.4 Å². The maximum atomic E-state index is 12.4. The number of aryl methyl sites for hydroxylation is 2. The molecule has 0 unspecified atom stereocenters. The van der Waals surface area contributed by atoms with Crippen molar-refractivity contribution in [2.24, 2.45) is 5.92 Å². The molecule has 0 spiro atoms. The molecule has 0 N–H and O–H groups in total. The first-order valence-electron chi connectivity index (χ1n) is 8.33. The summed E-state index contributed by atoms with van der Waals surface area (Å²) in [5, 5.41) is 0. The smallest absolute Gasteiger partial charge is 0.309 e. The molecule has 0 fully saturated rings. The van der Waals surface area contributed by atoms with E-state index in [0.717, 1.165) is 42.8 Å². The van der Waals surface area contributed by atoms with Crippen molar-refractivity contribution in [1.82, 2.24) is 9.38 Å². The van der Waals surface area contributed by atoms with Crippen LogP contribution in [0.25, 0.3) is 4.96 Å². The standard InChI is InChI=1S/C17H22N2O3S/c1-3-11(4-2)16(21)22-10-12-9-15(20)19-13-7-5-6-8-14(13)23-17(19)18-12/h9,11H,3-8,10H2,1-2H3. The Balaban J connectivity index is 1.83. The monoisotopic (exact) mass is 334 g/mol. The molecule has 0 amide bonds. The van der Waals surface area contributed by atoms with Gasteiger partial charge in [-0.1, -0.05) is 13.8 Å². The van der Waals surface area contributed by atoms with Crippen LogP contribution in [0.3, 0.4) is 0 Å². The SMILES string of the molecule is CCC(CC)C(=O)OCc1cc(=O)n2c3c(sc2n1)CCCC3. The van der Waals surface area contributed by atoms with E-state index < -0.39 is 0 Å². The molecule has 0 saturated carbocycles. The molecular weight excluding hydrogens is 312 g/mol. The Morgan fingerprint density at radius 1 is 1.35 bits per heavy atom. The summed E-state index contributed by atoms with van der Waals surface area (Å²) in [5.74, 6) is -0.281. The predicted octanol–water partition coefficient (Wildman–Crippen LogP) is 3.11. The third kappa shape index (κ3) is 3.17. The van der Waals surface area contributed by atoms with Crippen LogP contribution in [0.5, 0.6) is 0 Å². The Hall–Kier alpha value is -1.69. The molecular formula is C17H22N2O3S. The topological polar surface area (TPSA) is 60.7 Å². The van der Waals surface area contributed by atoms with Crippen molar-refractivity contribution in [3.8, 4) is 0 Å². The zero-order chi connectivity index (χ0) is 16.4. The van der Waals surface area contributed by atoms with Gasteiger partial charge in [-0.25, -0.2) is 4.98 Å². The van der Waals surface area contributed by atoms with Gasteiger partial charge in [0.2, 0.25) is 0 Å². The lowest BCUT2D eigenvalue weighted by Gasteiger charge is -2.12. The number of carbonyl (C=O) groups excluding carboxylic acids is 1. The highest BCUT2D eigenvalue weighted by atomic mass is 32.1. The molecule has 0 aromatic carbocycles. The molecule has 0 bridgehead atoms. The van der Waals surface area contributed by atoms with Gasteiger partial charge in [0.05, 0.1) is 11.6 Å². The molecule has 5 nitrogen and oxygen atoms in total. The fourth-order valence-corrected chi connectivity index (χ4v) is 4.33. The summed E-state index contributed by atoms with van der Waals surface area (Å²) in [6, 6.07) is 1.49. The van der Waals surface area contributed by atoms with Crippen molar-refractivity contribution < 1.29 is 9.53 Å². The number of hydrogen-bond donors (Lipinski definition) is 0. The molecule has 124 valence electrons. The number of fused-ring (bicyclic) bond motifs is 3. The Morgan fingerprint density at radius 3 is 2.83 bits per heavy atom. The zero-order valence-electron chi connectivity index (χ0n) is 13.6. The number of aromatic nitrogens is 2. The second-order valence-corrected chi connectivity index (χ2v) is 7.07. The third-order valence-corrected chi connectivity index (χ3v) is 5.64. The minimum Gasteiger partial charge on any atom is -0.459 e. The summed E-state index contributed by atoms with van der Waals surface area (Å²) in [5.41, 5.74) is 1.59. The summed E-state index contributed by atoms with van der Waals surface area (Å²) >= 11 is 1.59. The summed E-state index contributed by atoms with van der Waals surface area (Å²) < 4.78 is 7.06.